The molecule has 0 saturated heterocycles. The second-order valence-corrected chi connectivity index (χ2v) is 6.35. The minimum atomic E-state index is 0.0768. The quantitative estimate of drug-likeness (QED) is 0.650. The van der Waals surface area contributed by atoms with Crippen molar-refractivity contribution in [3.05, 3.63) is 22.9 Å². The van der Waals surface area contributed by atoms with Crippen molar-refractivity contribution >= 4 is 11.7 Å². The largest absolute Gasteiger partial charge is 0.384 e. The van der Waals surface area contributed by atoms with Crippen LogP contribution in [0.1, 0.15) is 44.5 Å². The van der Waals surface area contributed by atoms with Gasteiger partial charge in [0.25, 0.3) is 0 Å². The van der Waals surface area contributed by atoms with Gasteiger partial charge in [0, 0.05) is 18.8 Å². The van der Waals surface area contributed by atoms with Gasteiger partial charge in [-0.25, -0.2) is 4.98 Å². The van der Waals surface area contributed by atoms with E-state index in [1.54, 1.807) is 0 Å². The van der Waals surface area contributed by atoms with Crippen molar-refractivity contribution in [3.8, 4) is 0 Å². The van der Waals surface area contributed by atoms with E-state index in [-0.39, 0.29) is 11.3 Å². The Labute approximate surface area is 116 Å². The maximum atomic E-state index is 7.79. The van der Waals surface area contributed by atoms with E-state index in [1.807, 2.05) is 27.0 Å². The van der Waals surface area contributed by atoms with E-state index in [9.17, 15) is 0 Å². The van der Waals surface area contributed by atoms with Crippen molar-refractivity contribution in [2.75, 3.05) is 11.9 Å². The highest BCUT2D eigenvalue weighted by atomic mass is 15.2. The molecule has 1 unspecified atom stereocenters. The van der Waals surface area contributed by atoms with Crippen LogP contribution >= 0.6 is 0 Å². The maximum absolute atomic E-state index is 7.79. The van der Waals surface area contributed by atoms with E-state index < -0.39 is 0 Å². The van der Waals surface area contributed by atoms with Crippen LogP contribution in [0.4, 0.5) is 5.82 Å². The summed E-state index contributed by atoms with van der Waals surface area (Å²) in [4.78, 5) is 6.72. The number of nitrogens with zero attached hydrogens (tertiary/aromatic N) is 2. The summed E-state index contributed by atoms with van der Waals surface area (Å²) < 4.78 is 0. The van der Waals surface area contributed by atoms with Crippen molar-refractivity contribution in [1.29, 1.82) is 5.41 Å². The fourth-order valence-corrected chi connectivity index (χ4v) is 2.17. The molecular weight excluding hydrogens is 236 g/mol. The highest BCUT2D eigenvalue weighted by molar-refractivity contribution is 6.01. The molecule has 0 aliphatic rings. The topological polar surface area (TPSA) is 66.0 Å². The molecule has 4 heteroatoms. The molecule has 0 fully saturated rings. The highest BCUT2D eigenvalue weighted by Crippen LogP contribution is 2.29. The molecule has 1 atom stereocenters. The standard InChI is InChI=1S/C15H26N4/c1-9-8-10(2)18-14(12(9)13(16)17)19(7)11(3)15(4,5)6/h8,11H,1-7H3,(H3,16,17). The number of amidine groups is 1. The van der Waals surface area contributed by atoms with Crippen LogP contribution in [0.5, 0.6) is 0 Å². The van der Waals surface area contributed by atoms with Crippen LogP contribution in [0.15, 0.2) is 6.07 Å². The summed E-state index contributed by atoms with van der Waals surface area (Å²) in [6, 6.07) is 2.26. The van der Waals surface area contributed by atoms with E-state index in [4.69, 9.17) is 11.1 Å². The zero-order chi connectivity index (χ0) is 15.0. The molecule has 1 rings (SSSR count). The number of aromatic nitrogens is 1. The van der Waals surface area contributed by atoms with Gasteiger partial charge in [0.1, 0.15) is 11.7 Å². The van der Waals surface area contributed by atoms with Gasteiger partial charge in [-0.3, -0.25) is 5.41 Å². The van der Waals surface area contributed by atoms with Crippen molar-refractivity contribution in [2.45, 2.75) is 47.6 Å². The van der Waals surface area contributed by atoms with Gasteiger partial charge in [-0.05, 0) is 37.8 Å². The zero-order valence-corrected chi connectivity index (χ0v) is 13.1. The second kappa shape index (κ2) is 5.19. The fourth-order valence-electron chi connectivity index (χ4n) is 2.17. The van der Waals surface area contributed by atoms with Gasteiger partial charge < -0.3 is 10.6 Å². The third-order valence-electron chi connectivity index (χ3n) is 3.76. The van der Waals surface area contributed by atoms with Crippen LogP contribution < -0.4 is 10.6 Å². The second-order valence-electron chi connectivity index (χ2n) is 6.35. The van der Waals surface area contributed by atoms with Crippen molar-refractivity contribution in [3.63, 3.8) is 0 Å². The summed E-state index contributed by atoms with van der Waals surface area (Å²) in [5.41, 5.74) is 8.55. The predicted molar refractivity (Wildman–Crippen MR) is 82.0 cm³/mol. The number of nitrogen functional groups attached to an aromatic ring is 1. The van der Waals surface area contributed by atoms with E-state index in [2.05, 4.69) is 37.6 Å². The number of aryl methyl sites for hydroxylation is 2. The van der Waals surface area contributed by atoms with Gasteiger partial charge in [0.05, 0.1) is 5.56 Å². The molecule has 3 N–H and O–H groups in total. The minimum absolute atomic E-state index is 0.0768. The monoisotopic (exact) mass is 262 g/mol. The van der Waals surface area contributed by atoms with Crippen molar-refractivity contribution in [1.82, 2.24) is 4.98 Å². The molecule has 1 aromatic rings. The Balaban J connectivity index is 3.37. The third kappa shape index (κ3) is 3.25. The molecule has 1 heterocycles. The summed E-state index contributed by atoms with van der Waals surface area (Å²) in [7, 11) is 2.02. The van der Waals surface area contributed by atoms with Gasteiger partial charge in [-0.1, -0.05) is 20.8 Å². The lowest BCUT2D eigenvalue weighted by molar-refractivity contribution is 0.328. The Bertz CT molecular complexity index is 486. The Morgan fingerprint density at radius 3 is 2.32 bits per heavy atom. The van der Waals surface area contributed by atoms with Crippen LogP contribution in [0.25, 0.3) is 0 Å². The predicted octanol–water partition coefficient (Wildman–Crippen LogP) is 2.85. The average Bonchev–Trinajstić information content (AvgIpc) is 2.23. The van der Waals surface area contributed by atoms with E-state index >= 15 is 0 Å². The fraction of sp³-hybridized carbons (Fsp3) is 0.600. The molecular formula is C15H26N4. The molecule has 19 heavy (non-hydrogen) atoms. The lowest BCUT2D eigenvalue weighted by Gasteiger charge is -2.37. The smallest absolute Gasteiger partial charge is 0.140 e. The van der Waals surface area contributed by atoms with Crippen molar-refractivity contribution < 1.29 is 0 Å². The highest BCUT2D eigenvalue weighted by Gasteiger charge is 2.27. The molecule has 0 spiro atoms. The van der Waals surface area contributed by atoms with Crippen LogP contribution in [-0.2, 0) is 0 Å². The van der Waals surface area contributed by atoms with Gasteiger partial charge in [0.15, 0.2) is 0 Å². The first-order valence-electron chi connectivity index (χ1n) is 6.61. The lowest BCUT2D eigenvalue weighted by Crippen LogP contribution is -2.41. The maximum Gasteiger partial charge on any atom is 0.140 e. The number of rotatable bonds is 3. The van der Waals surface area contributed by atoms with Gasteiger partial charge in [-0.15, -0.1) is 0 Å². The molecule has 0 aliphatic carbocycles. The zero-order valence-electron chi connectivity index (χ0n) is 13.1. The SMILES string of the molecule is Cc1cc(C)c(C(=N)N)c(N(C)C(C)C(C)(C)C)n1. The first kappa shape index (κ1) is 15.5. The van der Waals surface area contributed by atoms with E-state index in [1.165, 1.54) is 0 Å². The molecule has 1 aromatic heterocycles. The molecule has 0 aliphatic heterocycles. The summed E-state index contributed by atoms with van der Waals surface area (Å²) in [6.45, 7) is 12.7. The normalized spacial score (nSPS) is 13.2. The number of pyridine rings is 1. The first-order valence-corrected chi connectivity index (χ1v) is 6.61. The number of nitrogens with one attached hydrogen (secondary N) is 1. The Hall–Kier alpha value is -1.58. The van der Waals surface area contributed by atoms with Gasteiger partial charge >= 0.3 is 0 Å². The van der Waals surface area contributed by atoms with Crippen molar-refractivity contribution in [2.24, 2.45) is 11.1 Å². The van der Waals surface area contributed by atoms with Crippen LogP contribution in [0, 0.1) is 24.7 Å². The Kier molecular flexibility index (Phi) is 4.23. The third-order valence-corrected chi connectivity index (χ3v) is 3.76. The Morgan fingerprint density at radius 1 is 1.37 bits per heavy atom. The molecule has 4 nitrogen and oxygen atoms in total. The molecule has 106 valence electrons. The number of nitrogens with two attached hydrogens (primary N) is 1. The minimum Gasteiger partial charge on any atom is -0.384 e. The number of anilines is 1. The molecule has 0 aromatic carbocycles. The van der Waals surface area contributed by atoms with Gasteiger partial charge in [0.2, 0.25) is 0 Å². The van der Waals surface area contributed by atoms with Crippen LogP contribution in [0.3, 0.4) is 0 Å². The molecule has 0 radical (unpaired) electrons. The van der Waals surface area contributed by atoms with E-state index in [0.717, 1.165) is 22.6 Å². The Morgan fingerprint density at radius 2 is 1.89 bits per heavy atom. The summed E-state index contributed by atoms with van der Waals surface area (Å²) in [5, 5.41) is 7.79. The molecule has 0 saturated carbocycles. The van der Waals surface area contributed by atoms with Crippen LogP contribution in [-0.4, -0.2) is 23.9 Å². The molecule has 0 bridgehead atoms. The first-order chi connectivity index (χ1) is 8.55. The lowest BCUT2D eigenvalue weighted by atomic mass is 9.87. The summed E-state index contributed by atoms with van der Waals surface area (Å²) in [5.74, 6) is 0.875. The average molecular weight is 262 g/mol. The molecule has 0 amide bonds. The van der Waals surface area contributed by atoms with E-state index in [0.29, 0.717) is 6.04 Å². The summed E-state index contributed by atoms with van der Waals surface area (Å²) in [6.07, 6.45) is 0. The van der Waals surface area contributed by atoms with Crippen LogP contribution in [0.2, 0.25) is 0 Å². The number of hydrogen-bond acceptors (Lipinski definition) is 3. The summed E-state index contributed by atoms with van der Waals surface area (Å²) >= 11 is 0. The van der Waals surface area contributed by atoms with Gasteiger partial charge in [-0.2, -0.15) is 0 Å². The number of hydrogen-bond donors (Lipinski definition) is 2.